The largest absolute Gasteiger partial charge is 0.378 e. The van der Waals surface area contributed by atoms with Gasteiger partial charge in [-0.2, -0.15) is 5.43 Å². The molecule has 0 unspecified atom stereocenters. The molecule has 0 aliphatic carbocycles. The molecule has 0 aromatic heterocycles. The fraction of sp³-hybridized carbons (Fsp3) is 0.467. The number of rotatable bonds is 3. The molecule has 0 fully saturated rings. The fourth-order valence-electron chi connectivity index (χ4n) is 2.07. The van der Waals surface area contributed by atoms with Gasteiger partial charge in [-0.3, -0.25) is 4.99 Å². The van der Waals surface area contributed by atoms with Gasteiger partial charge in [-0.25, -0.2) is 0 Å². The number of nitrogens with one attached hydrogen (secondary N) is 2. The first kappa shape index (κ1) is 13.6. The minimum atomic E-state index is 1.05. The molecule has 1 aliphatic heterocycles. The molecule has 0 saturated carbocycles. The molecule has 1 aromatic carbocycles. The topological polar surface area (TPSA) is 41.6 Å². The van der Waals surface area contributed by atoms with Gasteiger partial charge in [-0.05, 0) is 37.0 Å². The second-order valence-corrected chi connectivity index (χ2v) is 5.07. The van der Waals surface area contributed by atoms with Crippen LogP contribution in [0.3, 0.4) is 0 Å². The van der Waals surface area contributed by atoms with E-state index in [2.05, 4.69) is 44.7 Å². The quantitative estimate of drug-likeness (QED) is 0.621. The molecular formula is C15H23N4+. The van der Waals surface area contributed by atoms with Crippen molar-refractivity contribution in [3.63, 3.8) is 0 Å². The predicted octanol–water partition coefficient (Wildman–Crippen LogP) is 0.729. The molecule has 19 heavy (non-hydrogen) atoms. The number of hydrazone groups is 1. The van der Waals surface area contributed by atoms with Crippen LogP contribution in [0.1, 0.15) is 31.2 Å². The molecule has 2 N–H and O–H groups in total. The van der Waals surface area contributed by atoms with Crippen LogP contribution < -0.4 is 15.3 Å². The molecule has 1 aromatic rings. The fourth-order valence-corrected chi connectivity index (χ4v) is 2.07. The maximum atomic E-state index is 4.29. The average molecular weight is 259 g/mol. The van der Waals surface area contributed by atoms with E-state index in [1.807, 2.05) is 20.3 Å². The van der Waals surface area contributed by atoms with Crippen molar-refractivity contribution in [2.75, 3.05) is 25.5 Å². The SMILES string of the molecule is CN(C)c1ccc(/C=N/NC2=[NH+]CCCCC2)cc1. The lowest BCUT2D eigenvalue weighted by molar-refractivity contribution is -0.459. The van der Waals surface area contributed by atoms with Gasteiger partial charge in [0.1, 0.15) is 0 Å². The van der Waals surface area contributed by atoms with Crippen molar-refractivity contribution in [1.29, 1.82) is 0 Å². The Morgan fingerprint density at radius 1 is 1.16 bits per heavy atom. The van der Waals surface area contributed by atoms with E-state index in [0.29, 0.717) is 0 Å². The highest BCUT2D eigenvalue weighted by Crippen LogP contribution is 2.10. The Morgan fingerprint density at radius 2 is 1.95 bits per heavy atom. The Morgan fingerprint density at radius 3 is 2.68 bits per heavy atom. The van der Waals surface area contributed by atoms with Crippen molar-refractivity contribution in [3.05, 3.63) is 29.8 Å². The molecule has 0 saturated heterocycles. The van der Waals surface area contributed by atoms with Gasteiger partial charge < -0.3 is 4.90 Å². The molecule has 4 heteroatoms. The lowest BCUT2D eigenvalue weighted by Gasteiger charge is -2.11. The van der Waals surface area contributed by atoms with E-state index in [1.54, 1.807) is 0 Å². The Hall–Kier alpha value is -1.84. The third-order valence-electron chi connectivity index (χ3n) is 3.26. The zero-order valence-electron chi connectivity index (χ0n) is 11.8. The summed E-state index contributed by atoms with van der Waals surface area (Å²) < 4.78 is 0. The normalized spacial score (nSPS) is 16.0. The standard InChI is InChI=1S/C15H22N4/c1-19(2)14-9-7-13(8-10-14)12-17-18-15-6-4-3-5-11-16-15/h7-10,12H,3-6,11H2,1-2H3,(H,16,18)/p+1/b17-12+. The number of hydrogen-bond donors (Lipinski definition) is 2. The highest BCUT2D eigenvalue weighted by atomic mass is 15.3. The molecule has 0 bridgehead atoms. The first-order chi connectivity index (χ1) is 9.25. The average Bonchev–Trinajstić information content (AvgIpc) is 2.68. The van der Waals surface area contributed by atoms with Crippen LogP contribution in [0.25, 0.3) is 0 Å². The Balaban J connectivity index is 1.89. The summed E-state index contributed by atoms with van der Waals surface area (Å²) in [5, 5.41) is 4.29. The first-order valence-electron chi connectivity index (χ1n) is 6.92. The van der Waals surface area contributed by atoms with Crippen molar-refractivity contribution in [2.24, 2.45) is 5.10 Å². The molecule has 0 spiro atoms. The Labute approximate surface area is 115 Å². The van der Waals surface area contributed by atoms with E-state index < -0.39 is 0 Å². The van der Waals surface area contributed by atoms with E-state index in [9.17, 15) is 0 Å². The lowest BCUT2D eigenvalue weighted by Crippen LogP contribution is -2.75. The van der Waals surface area contributed by atoms with Gasteiger partial charge in [-0.1, -0.05) is 17.2 Å². The monoisotopic (exact) mass is 259 g/mol. The zero-order valence-corrected chi connectivity index (χ0v) is 11.8. The van der Waals surface area contributed by atoms with Gasteiger partial charge in [0, 0.05) is 19.8 Å². The summed E-state index contributed by atoms with van der Waals surface area (Å²) in [6.45, 7) is 1.05. The minimum absolute atomic E-state index is 1.05. The highest BCUT2D eigenvalue weighted by Gasteiger charge is 2.08. The molecule has 1 heterocycles. The molecule has 102 valence electrons. The van der Waals surface area contributed by atoms with Crippen molar-refractivity contribution in [1.82, 2.24) is 5.43 Å². The van der Waals surface area contributed by atoms with Crippen molar-refractivity contribution in [2.45, 2.75) is 25.7 Å². The molecule has 0 atom stereocenters. The maximum Gasteiger partial charge on any atom is 0.267 e. The van der Waals surface area contributed by atoms with E-state index in [4.69, 9.17) is 0 Å². The summed E-state index contributed by atoms with van der Waals surface area (Å²) in [5.74, 6) is 1.14. The van der Waals surface area contributed by atoms with Crippen LogP contribution in [0.15, 0.2) is 29.4 Å². The van der Waals surface area contributed by atoms with Crippen molar-refractivity contribution >= 4 is 17.7 Å². The van der Waals surface area contributed by atoms with Gasteiger partial charge >= 0.3 is 0 Å². The highest BCUT2D eigenvalue weighted by molar-refractivity contribution is 5.83. The van der Waals surface area contributed by atoms with Gasteiger partial charge in [0.2, 0.25) is 0 Å². The van der Waals surface area contributed by atoms with Gasteiger partial charge in [-0.15, -0.1) is 0 Å². The predicted molar refractivity (Wildman–Crippen MR) is 80.8 cm³/mol. The van der Waals surface area contributed by atoms with Crippen molar-refractivity contribution in [3.8, 4) is 0 Å². The van der Waals surface area contributed by atoms with Gasteiger partial charge in [0.05, 0.1) is 19.2 Å². The Kier molecular flexibility index (Phi) is 4.95. The van der Waals surface area contributed by atoms with Crippen LogP contribution in [0.5, 0.6) is 0 Å². The summed E-state index contributed by atoms with van der Waals surface area (Å²) in [6, 6.07) is 8.34. The van der Waals surface area contributed by atoms with Gasteiger partial charge in [0.25, 0.3) is 5.84 Å². The third-order valence-corrected chi connectivity index (χ3v) is 3.26. The summed E-state index contributed by atoms with van der Waals surface area (Å²) in [6.07, 6.45) is 6.72. The van der Waals surface area contributed by atoms with E-state index in [-0.39, 0.29) is 0 Å². The summed E-state index contributed by atoms with van der Waals surface area (Å²) in [7, 11) is 4.08. The minimum Gasteiger partial charge on any atom is -0.378 e. The second kappa shape index (κ2) is 6.92. The molecule has 0 radical (unpaired) electrons. The molecular weight excluding hydrogens is 236 g/mol. The summed E-state index contributed by atoms with van der Waals surface area (Å²) in [5.41, 5.74) is 5.42. The number of benzene rings is 1. The number of amidine groups is 1. The van der Waals surface area contributed by atoms with Crippen molar-refractivity contribution < 1.29 is 4.99 Å². The van der Waals surface area contributed by atoms with E-state index in [0.717, 1.165) is 24.4 Å². The molecule has 1 aliphatic rings. The van der Waals surface area contributed by atoms with Crippen LogP contribution in [0.4, 0.5) is 5.69 Å². The van der Waals surface area contributed by atoms with Crippen LogP contribution in [0.2, 0.25) is 0 Å². The second-order valence-electron chi connectivity index (χ2n) is 5.07. The first-order valence-corrected chi connectivity index (χ1v) is 6.92. The smallest absolute Gasteiger partial charge is 0.267 e. The van der Waals surface area contributed by atoms with Gasteiger partial charge in [0.15, 0.2) is 0 Å². The number of hydrogen-bond acceptors (Lipinski definition) is 3. The van der Waals surface area contributed by atoms with Crippen LogP contribution in [-0.4, -0.2) is 32.7 Å². The van der Waals surface area contributed by atoms with E-state index >= 15 is 0 Å². The lowest BCUT2D eigenvalue weighted by atomic mass is 10.2. The molecule has 0 amide bonds. The molecule has 2 rings (SSSR count). The van der Waals surface area contributed by atoms with Crippen LogP contribution >= 0.6 is 0 Å². The Bertz CT molecular complexity index is 446. The maximum absolute atomic E-state index is 4.29. The molecule has 4 nitrogen and oxygen atoms in total. The van der Waals surface area contributed by atoms with Crippen LogP contribution in [0, 0.1) is 0 Å². The van der Waals surface area contributed by atoms with E-state index in [1.165, 1.54) is 24.9 Å². The summed E-state index contributed by atoms with van der Waals surface area (Å²) >= 11 is 0. The third kappa shape index (κ3) is 4.39. The zero-order chi connectivity index (χ0) is 13.5. The van der Waals surface area contributed by atoms with Crippen LogP contribution in [-0.2, 0) is 0 Å². The number of anilines is 1. The summed E-state index contributed by atoms with van der Waals surface area (Å²) in [4.78, 5) is 5.46. The number of nitrogens with zero attached hydrogens (tertiary/aromatic N) is 2.